The van der Waals surface area contributed by atoms with Crippen molar-refractivity contribution >= 4 is 21.6 Å². The fourth-order valence-corrected chi connectivity index (χ4v) is 4.69. The standard InChI is InChI=1S/C19H24N4O4S/c1-2-11-23-18(24)10-9-17(21-23)19(25)20-15-7-6-8-16(14-15)28(26,27)22-12-4-3-5-13-22/h6-10,14H,2-5,11-13H2,1H3,(H,20,25). The molecule has 1 aliphatic heterocycles. The van der Waals surface area contributed by atoms with E-state index in [1.165, 1.54) is 33.3 Å². The van der Waals surface area contributed by atoms with Gasteiger partial charge >= 0.3 is 0 Å². The number of rotatable bonds is 6. The van der Waals surface area contributed by atoms with E-state index in [9.17, 15) is 18.0 Å². The molecule has 2 aromatic rings. The van der Waals surface area contributed by atoms with Gasteiger partial charge in [-0.2, -0.15) is 9.40 Å². The lowest BCUT2D eigenvalue weighted by molar-refractivity contribution is 0.101. The molecule has 150 valence electrons. The van der Waals surface area contributed by atoms with E-state index in [1.807, 2.05) is 6.92 Å². The molecule has 1 fully saturated rings. The van der Waals surface area contributed by atoms with E-state index in [-0.39, 0.29) is 16.1 Å². The number of piperidine rings is 1. The number of anilines is 1. The summed E-state index contributed by atoms with van der Waals surface area (Å²) in [5.74, 6) is -0.502. The minimum atomic E-state index is -3.58. The van der Waals surface area contributed by atoms with E-state index >= 15 is 0 Å². The van der Waals surface area contributed by atoms with Gasteiger partial charge in [0.2, 0.25) is 10.0 Å². The van der Waals surface area contributed by atoms with Crippen LogP contribution in [0.4, 0.5) is 5.69 Å². The minimum Gasteiger partial charge on any atom is -0.321 e. The second-order valence-corrected chi connectivity index (χ2v) is 8.66. The predicted octanol–water partition coefficient (Wildman–Crippen LogP) is 2.08. The number of nitrogens with zero attached hydrogens (tertiary/aromatic N) is 3. The maximum atomic E-state index is 12.8. The molecule has 9 heteroatoms. The van der Waals surface area contributed by atoms with Crippen LogP contribution in [-0.2, 0) is 16.6 Å². The zero-order valence-corrected chi connectivity index (χ0v) is 16.6. The van der Waals surface area contributed by atoms with E-state index in [0.717, 1.165) is 19.3 Å². The van der Waals surface area contributed by atoms with Gasteiger partial charge in [0.05, 0.1) is 4.90 Å². The van der Waals surface area contributed by atoms with E-state index in [2.05, 4.69) is 10.4 Å². The van der Waals surface area contributed by atoms with Crippen LogP contribution in [-0.4, -0.2) is 41.5 Å². The Morgan fingerprint density at radius 1 is 1.14 bits per heavy atom. The number of amides is 1. The van der Waals surface area contributed by atoms with Crippen LogP contribution < -0.4 is 10.9 Å². The van der Waals surface area contributed by atoms with E-state index in [1.54, 1.807) is 12.1 Å². The van der Waals surface area contributed by atoms with Crippen molar-refractivity contribution in [1.29, 1.82) is 0 Å². The molecule has 0 radical (unpaired) electrons. The number of aryl methyl sites for hydroxylation is 1. The topological polar surface area (TPSA) is 101 Å². The first-order chi connectivity index (χ1) is 13.4. The highest BCUT2D eigenvalue weighted by Crippen LogP contribution is 2.23. The number of carbonyl (C=O) groups is 1. The highest BCUT2D eigenvalue weighted by atomic mass is 32.2. The maximum Gasteiger partial charge on any atom is 0.276 e. The van der Waals surface area contributed by atoms with Gasteiger partial charge in [0, 0.05) is 31.4 Å². The van der Waals surface area contributed by atoms with Crippen LogP contribution in [0.5, 0.6) is 0 Å². The largest absolute Gasteiger partial charge is 0.321 e. The first-order valence-corrected chi connectivity index (χ1v) is 10.9. The molecule has 1 N–H and O–H groups in total. The number of aromatic nitrogens is 2. The zero-order valence-electron chi connectivity index (χ0n) is 15.8. The second kappa shape index (κ2) is 8.66. The third kappa shape index (κ3) is 4.48. The molecular weight excluding hydrogens is 380 g/mol. The van der Waals surface area contributed by atoms with Gasteiger partial charge in [-0.1, -0.05) is 19.4 Å². The lowest BCUT2D eigenvalue weighted by atomic mass is 10.2. The molecule has 1 aromatic carbocycles. The summed E-state index contributed by atoms with van der Waals surface area (Å²) < 4.78 is 28.4. The Labute approximate surface area is 164 Å². The summed E-state index contributed by atoms with van der Waals surface area (Å²) in [5, 5.41) is 6.73. The molecular formula is C19H24N4O4S. The highest BCUT2D eigenvalue weighted by molar-refractivity contribution is 7.89. The van der Waals surface area contributed by atoms with E-state index < -0.39 is 15.9 Å². The molecule has 0 unspecified atom stereocenters. The number of benzene rings is 1. The summed E-state index contributed by atoms with van der Waals surface area (Å²) in [6.07, 6.45) is 3.47. The van der Waals surface area contributed by atoms with Crippen LogP contribution in [0.15, 0.2) is 46.1 Å². The predicted molar refractivity (Wildman–Crippen MR) is 106 cm³/mol. The molecule has 3 rings (SSSR count). The van der Waals surface area contributed by atoms with Crippen LogP contribution in [0.3, 0.4) is 0 Å². The number of hydrogen-bond acceptors (Lipinski definition) is 5. The normalized spacial score (nSPS) is 15.3. The average Bonchev–Trinajstić information content (AvgIpc) is 2.70. The first-order valence-electron chi connectivity index (χ1n) is 9.41. The summed E-state index contributed by atoms with van der Waals surface area (Å²) >= 11 is 0. The van der Waals surface area contributed by atoms with Gasteiger partial charge in [0.25, 0.3) is 11.5 Å². The van der Waals surface area contributed by atoms with Gasteiger partial charge in [-0.25, -0.2) is 13.1 Å². The van der Waals surface area contributed by atoms with Crippen molar-refractivity contribution < 1.29 is 13.2 Å². The van der Waals surface area contributed by atoms with Gasteiger partial charge in [-0.05, 0) is 43.5 Å². The molecule has 2 heterocycles. The summed E-state index contributed by atoms with van der Waals surface area (Å²) in [7, 11) is -3.58. The Bertz CT molecular complexity index is 1010. The quantitative estimate of drug-likeness (QED) is 0.794. The van der Waals surface area contributed by atoms with Crippen LogP contribution in [0.2, 0.25) is 0 Å². The number of carbonyl (C=O) groups excluding carboxylic acids is 1. The molecule has 28 heavy (non-hydrogen) atoms. The fraction of sp³-hybridized carbons (Fsp3) is 0.421. The average molecular weight is 404 g/mol. The SMILES string of the molecule is CCCn1nc(C(=O)Nc2cccc(S(=O)(=O)N3CCCCC3)c2)ccc1=O. The van der Waals surface area contributed by atoms with Gasteiger partial charge in [-0.15, -0.1) is 0 Å². The molecule has 0 saturated carbocycles. The van der Waals surface area contributed by atoms with E-state index in [0.29, 0.717) is 31.7 Å². The van der Waals surface area contributed by atoms with Crippen molar-refractivity contribution in [2.75, 3.05) is 18.4 Å². The Hall–Kier alpha value is -2.52. The molecule has 0 aliphatic carbocycles. The van der Waals surface area contributed by atoms with Gasteiger partial charge in [0.15, 0.2) is 0 Å². The molecule has 1 amide bonds. The van der Waals surface area contributed by atoms with Gasteiger partial charge in [-0.3, -0.25) is 9.59 Å². The zero-order chi connectivity index (χ0) is 20.1. The van der Waals surface area contributed by atoms with Crippen molar-refractivity contribution in [3.8, 4) is 0 Å². The maximum absolute atomic E-state index is 12.8. The monoisotopic (exact) mass is 404 g/mol. The van der Waals surface area contributed by atoms with Crippen molar-refractivity contribution in [1.82, 2.24) is 14.1 Å². The molecule has 1 saturated heterocycles. The summed E-state index contributed by atoms with van der Waals surface area (Å²) in [5.41, 5.74) is 0.184. The van der Waals surface area contributed by atoms with Crippen LogP contribution in [0.25, 0.3) is 0 Å². The Morgan fingerprint density at radius 2 is 1.89 bits per heavy atom. The Kier molecular flexibility index (Phi) is 6.25. The minimum absolute atomic E-state index is 0.0948. The third-order valence-electron chi connectivity index (χ3n) is 4.58. The molecule has 0 atom stereocenters. The lowest BCUT2D eigenvalue weighted by Gasteiger charge is -2.26. The highest BCUT2D eigenvalue weighted by Gasteiger charge is 2.26. The lowest BCUT2D eigenvalue weighted by Crippen LogP contribution is -2.35. The van der Waals surface area contributed by atoms with Crippen molar-refractivity contribution in [3.63, 3.8) is 0 Å². The Morgan fingerprint density at radius 3 is 2.61 bits per heavy atom. The number of sulfonamides is 1. The smallest absolute Gasteiger partial charge is 0.276 e. The molecule has 1 aromatic heterocycles. The summed E-state index contributed by atoms with van der Waals surface area (Å²) in [4.78, 5) is 24.4. The number of nitrogens with one attached hydrogen (secondary N) is 1. The molecule has 8 nitrogen and oxygen atoms in total. The second-order valence-electron chi connectivity index (χ2n) is 6.73. The van der Waals surface area contributed by atoms with Crippen LogP contribution >= 0.6 is 0 Å². The number of hydrogen-bond donors (Lipinski definition) is 1. The van der Waals surface area contributed by atoms with Gasteiger partial charge in [0.1, 0.15) is 5.69 Å². The Balaban J connectivity index is 1.80. The van der Waals surface area contributed by atoms with Crippen molar-refractivity contribution in [2.24, 2.45) is 0 Å². The molecule has 1 aliphatic rings. The van der Waals surface area contributed by atoms with Crippen molar-refractivity contribution in [2.45, 2.75) is 44.0 Å². The molecule has 0 spiro atoms. The van der Waals surface area contributed by atoms with E-state index in [4.69, 9.17) is 0 Å². The third-order valence-corrected chi connectivity index (χ3v) is 6.47. The van der Waals surface area contributed by atoms with Gasteiger partial charge < -0.3 is 5.32 Å². The van der Waals surface area contributed by atoms with Crippen molar-refractivity contribution in [3.05, 3.63) is 52.4 Å². The molecule has 0 bridgehead atoms. The van der Waals surface area contributed by atoms with Crippen LogP contribution in [0.1, 0.15) is 43.1 Å². The fourth-order valence-electron chi connectivity index (χ4n) is 3.13. The van der Waals surface area contributed by atoms with Crippen LogP contribution in [0, 0.1) is 0 Å². The summed E-state index contributed by atoms with van der Waals surface area (Å²) in [6.45, 7) is 3.36. The summed E-state index contributed by atoms with van der Waals surface area (Å²) in [6, 6.07) is 8.85. The first kappa shape index (κ1) is 20.2.